The lowest BCUT2D eigenvalue weighted by Crippen LogP contribution is -2.25. The first-order chi connectivity index (χ1) is 8.72. The van der Waals surface area contributed by atoms with Crippen molar-refractivity contribution in [1.29, 1.82) is 0 Å². The minimum absolute atomic E-state index is 0.405. The standard InChI is InChI=1S/C17H23N/c1-4-5-11-18-12-7-6-8-17(18)16-10-9-14(2)13-15(16)3/h6-10,12-13,17H,4-5,11H2,1-3H3. The molecule has 1 atom stereocenters. The van der Waals surface area contributed by atoms with Crippen LogP contribution in [-0.2, 0) is 0 Å². The number of nitrogens with zero attached hydrogens (tertiary/aromatic N) is 1. The molecule has 0 fully saturated rings. The van der Waals surface area contributed by atoms with Crippen molar-refractivity contribution in [1.82, 2.24) is 4.90 Å². The Balaban J connectivity index is 2.23. The van der Waals surface area contributed by atoms with Crippen molar-refractivity contribution in [3.63, 3.8) is 0 Å². The van der Waals surface area contributed by atoms with Gasteiger partial charge in [-0.1, -0.05) is 49.3 Å². The lowest BCUT2D eigenvalue weighted by atomic mass is 9.96. The summed E-state index contributed by atoms with van der Waals surface area (Å²) in [6.07, 6.45) is 11.3. The number of aryl methyl sites for hydroxylation is 2. The number of benzene rings is 1. The molecular weight excluding hydrogens is 218 g/mol. The molecule has 0 spiro atoms. The van der Waals surface area contributed by atoms with Crippen molar-refractivity contribution >= 4 is 0 Å². The van der Waals surface area contributed by atoms with Gasteiger partial charge in [-0.15, -0.1) is 0 Å². The number of rotatable bonds is 4. The molecular formula is C17H23N. The molecule has 2 rings (SSSR count). The topological polar surface area (TPSA) is 3.24 Å². The highest BCUT2D eigenvalue weighted by atomic mass is 15.1. The van der Waals surface area contributed by atoms with Gasteiger partial charge in [0.25, 0.3) is 0 Å². The first-order valence-electron chi connectivity index (χ1n) is 6.90. The third kappa shape index (κ3) is 2.84. The largest absolute Gasteiger partial charge is 0.367 e. The Morgan fingerprint density at radius 2 is 2.00 bits per heavy atom. The van der Waals surface area contributed by atoms with Crippen LogP contribution >= 0.6 is 0 Å². The molecule has 0 bridgehead atoms. The summed E-state index contributed by atoms with van der Waals surface area (Å²) in [5.41, 5.74) is 4.16. The number of hydrogen-bond donors (Lipinski definition) is 0. The predicted octanol–water partition coefficient (Wildman–Crippen LogP) is 4.53. The van der Waals surface area contributed by atoms with Crippen molar-refractivity contribution in [2.75, 3.05) is 6.54 Å². The monoisotopic (exact) mass is 241 g/mol. The zero-order valence-corrected chi connectivity index (χ0v) is 11.7. The van der Waals surface area contributed by atoms with Gasteiger partial charge < -0.3 is 4.90 Å². The summed E-state index contributed by atoms with van der Waals surface area (Å²) in [6, 6.07) is 7.17. The van der Waals surface area contributed by atoms with Crippen LogP contribution in [0.2, 0.25) is 0 Å². The second-order valence-corrected chi connectivity index (χ2v) is 5.12. The zero-order valence-electron chi connectivity index (χ0n) is 11.7. The first kappa shape index (κ1) is 12.9. The van der Waals surface area contributed by atoms with E-state index in [9.17, 15) is 0 Å². The summed E-state index contributed by atoms with van der Waals surface area (Å²) < 4.78 is 0. The first-order valence-corrected chi connectivity index (χ1v) is 6.90. The molecule has 1 unspecified atom stereocenters. The summed E-state index contributed by atoms with van der Waals surface area (Å²) in [5, 5.41) is 0. The van der Waals surface area contributed by atoms with E-state index in [1.165, 1.54) is 29.5 Å². The maximum atomic E-state index is 2.45. The Bertz CT molecular complexity index is 457. The van der Waals surface area contributed by atoms with Crippen LogP contribution in [-0.4, -0.2) is 11.4 Å². The Kier molecular flexibility index (Phi) is 4.24. The fourth-order valence-electron chi connectivity index (χ4n) is 2.53. The molecule has 1 nitrogen and oxygen atoms in total. The molecule has 0 aromatic heterocycles. The molecule has 0 aliphatic carbocycles. The molecule has 1 aliphatic rings. The molecule has 0 saturated carbocycles. The van der Waals surface area contributed by atoms with Gasteiger partial charge in [-0.25, -0.2) is 0 Å². The van der Waals surface area contributed by atoms with Gasteiger partial charge in [-0.05, 0) is 43.7 Å². The minimum Gasteiger partial charge on any atom is -0.367 e. The summed E-state index contributed by atoms with van der Waals surface area (Å²) in [5.74, 6) is 0. The van der Waals surface area contributed by atoms with Crippen molar-refractivity contribution in [2.24, 2.45) is 0 Å². The fourth-order valence-corrected chi connectivity index (χ4v) is 2.53. The van der Waals surface area contributed by atoms with Gasteiger partial charge in [0.2, 0.25) is 0 Å². The molecule has 1 heterocycles. The van der Waals surface area contributed by atoms with E-state index in [1.54, 1.807) is 0 Å². The van der Waals surface area contributed by atoms with E-state index in [0.717, 1.165) is 6.54 Å². The Morgan fingerprint density at radius 1 is 1.17 bits per heavy atom. The third-order valence-electron chi connectivity index (χ3n) is 3.55. The average Bonchev–Trinajstić information content (AvgIpc) is 2.37. The van der Waals surface area contributed by atoms with E-state index in [0.29, 0.717) is 6.04 Å². The van der Waals surface area contributed by atoms with E-state index < -0.39 is 0 Å². The maximum absolute atomic E-state index is 2.45. The highest BCUT2D eigenvalue weighted by Gasteiger charge is 2.17. The maximum Gasteiger partial charge on any atom is 0.0726 e. The van der Waals surface area contributed by atoms with E-state index in [2.05, 4.69) is 68.3 Å². The van der Waals surface area contributed by atoms with E-state index in [4.69, 9.17) is 0 Å². The van der Waals surface area contributed by atoms with Crippen molar-refractivity contribution in [2.45, 2.75) is 39.7 Å². The van der Waals surface area contributed by atoms with E-state index in [1.807, 2.05) is 0 Å². The second kappa shape index (κ2) is 5.90. The van der Waals surface area contributed by atoms with Crippen LogP contribution in [0, 0.1) is 13.8 Å². The van der Waals surface area contributed by atoms with Gasteiger partial charge in [-0.2, -0.15) is 0 Å². The van der Waals surface area contributed by atoms with Gasteiger partial charge in [-0.3, -0.25) is 0 Å². The van der Waals surface area contributed by atoms with Crippen molar-refractivity contribution in [3.05, 3.63) is 59.3 Å². The Hall–Kier alpha value is -1.50. The lowest BCUT2D eigenvalue weighted by Gasteiger charge is -2.31. The van der Waals surface area contributed by atoms with Crippen LogP contribution in [0.3, 0.4) is 0 Å². The quantitative estimate of drug-likeness (QED) is 0.748. The van der Waals surface area contributed by atoms with Crippen LogP contribution in [0.15, 0.2) is 42.6 Å². The summed E-state index contributed by atoms with van der Waals surface area (Å²) in [6.45, 7) is 7.75. The SMILES string of the molecule is CCCCN1C=CC=CC1c1ccc(C)cc1C. The van der Waals surface area contributed by atoms with Crippen LogP contribution in [0.5, 0.6) is 0 Å². The molecule has 0 N–H and O–H groups in total. The summed E-state index contributed by atoms with van der Waals surface area (Å²) in [7, 11) is 0. The molecule has 1 heteroatoms. The predicted molar refractivity (Wildman–Crippen MR) is 78.6 cm³/mol. The van der Waals surface area contributed by atoms with Crippen LogP contribution in [0.4, 0.5) is 0 Å². The van der Waals surface area contributed by atoms with Gasteiger partial charge in [0.15, 0.2) is 0 Å². The highest BCUT2D eigenvalue weighted by Crippen LogP contribution is 2.28. The molecule has 18 heavy (non-hydrogen) atoms. The van der Waals surface area contributed by atoms with Gasteiger partial charge in [0, 0.05) is 6.54 Å². The average molecular weight is 241 g/mol. The van der Waals surface area contributed by atoms with Crippen LogP contribution < -0.4 is 0 Å². The number of hydrogen-bond acceptors (Lipinski definition) is 1. The highest BCUT2D eigenvalue weighted by molar-refractivity contribution is 5.36. The van der Waals surface area contributed by atoms with Crippen LogP contribution in [0.25, 0.3) is 0 Å². The molecule has 1 aromatic rings. The van der Waals surface area contributed by atoms with E-state index >= 15 is 0 Å². The van der Waals surface area contributed by atoms with Crippen LogP contribution in [0.1, 0.15) is 42.5 Å². The van der Waals surface area contributed by atoms with Crippen molar-refractivity contribution in [3.8, 4) is 0 Å². The molecule has 96 valence electrons. The lowest BCUT2D eigenvalue weighted by molar-refractivity contribution is 0.314. The van der Waals surface area contributed by atoms with Crippen molar-refractivity contribution < 1.29 is 0 Å². The number of unbranched alkanes of at least 4 members (excludes halogenated alkanes) is 1. The minimum atomic E-state index is 0.405. The normalized spacial score (nSPS) is 18.4. The van der Waals surface area contributed by atoms with Gasteiger partial charge in [0.1, 0.15) is 0 Å². The zero-order chi connectivity index (χ0) is 13.0. The second-order valence-electron chi connectivity index (χ2n) is 5.12. The molecule has 0 saturated heterocycles. The Labute approximate surface area is 111 Å². The molecule has 0 radical (unpaired) electrons. The third-order valence-corrected chi connectivity index (χ3v) is 3.55. The summed E-state index contributed by atoms with van der Waals surface area (Å²) >= 11 is 0. The fraction of sp³-hybridized carbons (Fsp3) is 0.412. The molecule has 1 aromatic carbocycles. The molecule has 1 aliphatic heterocycles. The van der Waals surface area contributed by atoms with Gasteiger partial charge in [0.05, 0.1) is 6.04 Å². The smallest absolute Gasteiger partial charge is 0.0726 e. The number of allylic oxidation sites excluding steroid dienone is 2. The summed E-state index contributed by atoms with van der Waals surface area (Å²) in [4.78, 5) is 2.45. The van der Waals surface area contributed by atoms with E-state index in [-0.39, 0.29) is 0 Å². The Morgan fingerprint density at radius 3 is 2.72 bits per heavy atom. The molecule has 0 amide bonds. The van der Waals surface area contributed by atoms with Gasteiger partial charge >= 0.3 is 0 Å².